The highest BCUT2D eigenvalue weighted by Crippen LogP contribution is 2.37. The normalized spacial score (nSPS) is 28.9. The van der Waals surface area contributed by atoms with Gasteiger partial charge in [-0.05, 0) is 0 Å². The molecule has 0 spiro atoms. The number of aliphatic hydroxyl groups excluding tert-OH is 2. The first-order chi connectivity index (χ1) is 10.0. The standard InChI is InChI=1S/C12H12FN5O3/c1-2-12(4-19)6(20)3-7(21-12)18-5-15-8-9(14)16-11(13)17-10(8)18/h1,5-7,19-20H,3-4H2,(H2,14,16,17)/t6-,7?,12?/m0/s1. The molecule has 0 bridgehead atoms. The predicted octanol–water partition coefficient (Wildman–Crippen LogP) is -0.808. The number of ether oxygens (including phenoxy) is 1. The Morgan fingerprint density at radius 2 is 2.38 bits per heavy atom. The Balaban J connectivity index is 2.05. The van der Waals surface area contributed by atoms with Crippen molar-refractivity contribution in [3.8, 4) is 12.3 Å². The van der Waals surface area contributed by atoms with Gasteiger partial charge >= 0.3 is 6.08 Å². The third kappa shape index (κ3) is 1.92. The van der Waals surface area contributed by atoms with E-state index in [0.717, 1.165) is 0 Å². The van der Waals surface area contributed by atoms with Crippen molar-refractivity contribution in [3.05, 3.63) is 12.4 Å². The molecule has 8 nitrogen and oxygen atoms in total. The van der Waals surface area contributed by atoms with E-state index < -0.39 is 30.6 Å². The monoisotopic (exact) mass is 293 g/mol. The number of nitrogens with two attached hydrogens (primary N) is 1. The van der Waals surface area contributed by atoms with Crippen molar-refractivity contribution in [1.29, 1.82) is 0 Å². The molecule has 0 aromatic carbocycles. The van der Waals surface area contributed by atoms with Crippen LogP contribution in [0.25, 0.3) is 11.2 Å². The van der Waals surface area contributed by atoms with E-state index in [1.54, 1.807) is 0 Å². The van der Waals surface area contributed by atoms with Gasteiger partial charge in [-0.25, -0.2) is 4.98 Å². The summed E-state index contributed by atoms with van der Waals surface area (Å²) in [5.74, 6) is 2.16. The number of rotatable bonds is 2. The van der Waals surface area contributed by atoms with E-state index >= 15 is 0 Å². The summed E-state index contributed by atoms with van der Waals surface area (Å²) in [5.41, 5.74) is 4.42. The minimum absolute atomic E-state index is 0.0971. The van der Waals surface area contributed by atoms with Crippen LogP contribution in [0, 0.1) is 18.4 Å². The van der Waals surface area contributed by atoms with Crippen LogP contribution in [0.4, 0.5) is 10.2 Å². The summed E-state index contributed by atoms with van der Waals surface area (Å²) in [6.07, 6.45) is 3.95. The Labute approximate surface area is 118 Å². The largest absolute Gasteiger partial charge is 0.392 e. The molecule has 1 fully saturated rings. The van der Waals surface area contributed by atoms with Crippen molar-refractivity contribution in [2.75, 3.05) is 12.3 Å². The Morgan fingerprint density at radius 1 is 1.62 bits per heavy atom. The van der Waals surface area contributed by atoms with Crippen molar-refractivity contribution in [1.82, 2.24) is 19.5 Å². The molecule has 0 radical (unpaired) electrons. The minimum Gasteiger partial charge on any atom is -0.392 e. The predicted molar refractivity (Wildman–Crippen MR) is 69.1 cm³/mol. The summed E-state index contributed by atoms with van der Waals surface area (Å²) in [5, 5.41) is 19.3. The van der Waals surface area contributed by atoms with E-state index in [4.69, 9.17) is 16.9 Å². The molecular weight excluding hydrogens is 281 g/mol. The van der Waals surface area contributed by atoms with Crippen LogP contribution in [0.3, 0.4) is 0 Å². The summed E-state index contributed by atoms with van der Waals surface area (Å²) in [6.45, 7) is -0.542. The second kappa shape index (κ2) is 4.63. The van der Waals surface area contributed by atoms with Crippen LogP contribution in [-0.2, 0) is 4.74 Å². The van der Waals surface area contributed by atoms with Crippen LogP contribution in [0.15, 0.2) is 6.33 Å². The Morgan fingerprint density at radius 3 is 3.00 bits per heavy atom. The lowest BCUT2D eigenvalue weighted by molar-refractivity contribution is -0.0891. The molecule has 1 aliphatic heterocycles. The van der Waals surface area contributed by atoms with Crippen LogP contribution in [0.5, 0.6) is 0 Å². The second-order valence-electron chi connectivity index (χ2n) is 4.72. The lowest BCUT2D eigenvalue weighted by Crippen LogP contribution is -2.41. The van der Waals surface area contributed by atoms with E-state index in [9.17, 15) is 14.6 Å². The lowest BCUT2D eigenvalue weighted by Gasteiger charge is -2.23. The molecule has 110 valence electrons. The molecule has 9 heteroatoms. The number of imidazole rings is 1. The molecule has 2 aromatic heterocycles. The second-order valence-corrected chi connectivity index (χ2v) is 4.72. The maximum absolute atomic E-state index is 13.3. The molecule has 3 atom stereocenters. The summed E-state index contributed by atoms with van der Waals surface area (Å²) in [4.78, 5) is 11.0. The molecular formula is C12H12FN5O3. The molecule has 0 aliphatic carbocycles. The van der Waals surface area contributed by atoms with Crippen LogP contribution >= 0.6 is 0 Å². The van der Waals surface area contributed by atoms with Gasteiger partial charge in [-0.15, -0.1) is 6.42 Å². The Kier molecular flexibility index (Phi) is 3.02. The zero-order chi connectivity index (χ0) is 15.2. The third-order valence-electron chi connectivity index (χ3n) is 3.52. The molecule has 2 aromatic rings. The van der Waals surface area contributed by atoms with Gasteiger partial charge in [0.2, 0.25) is 0 Å². The number of terminal acetylenes is 1. The summed E-state index contributed by atoms with van der Waals surface area (Å²) in [6, 6.07) is 0. The first kappa shape index (κ1) is 13.7. The van der Waals surface area contributed by atoms with E-state index in [0.29, 0.717) is 0 Å². The number of nitrogen functional groups attached to an aromatic ring is 1. The first-order valence-corrected chi connectivity index (χ1v) is 6.11. The van der Waals surface area contributed by atoms with Crippen LogP contribution in [0.2, 0.25) is 0 Å². The number of aromatic nitrogens is 4. The summed E-state index contributed by atoms with van der Waals surface area (Å²) >= 11 is 0. The first-order valence-electron chi connectivity index (χ1n) is 6.11. The van der Waals surface area contributed by atoms with E-state index in [1.807, 2.05) is 0 Å². The highest BCUT2D eigenvalue weighted by molar-refractivity contribution is 5.81. The van der Waals surface area contributed by atoms with E-state index in [2.05, 4.69) is 20.9 Å². The van der Waals surface area contributed by atoms with Gasteiger partial charge in [0, 0.05) is 6.42 Å². The van der Waals surface area contributed by atoms with Crippen molar-refractivity contribution in [2.24, 2.45) is 0 Å². The smallest absolute Gasteiger partial charge is 0.312 e. The maximum Gasteiger partial charge on any atom is 0.312 e. The van der Waals surface area contributed by atoms with Crippen molar-refractivity contribution < 1.29 is 19.3 Å². The van der Waals surface area contributed by atoms with Crippen LogP contribution < -0.4 is 5.73 Å². The van der Waals surface area contributed by atoms with Crippen LogP contribution in [0.1, 0.15) is 12.6 Å². The number of aliphatic hydroxyl groups is 2. The average molecular weight is 293 g/mol. The fourth-order valence-corrected chi connectivity index (χ4v) is 2.36. The topological polar surface area (TPSA) is 119 Å². The molecule has 1 aliphatic rings. The quantitative estimate of drug-likeness (QED) is 0.489. The lowest BCUT2D eigenvalue weighted by atomic mass is 9.99. The molecule has 3 rings (SSSR count). The van der Waals surface area contributed by atoms with E-state index in [-0.39, 0.29) is 23.4 Å². The molecule has 21 heavy (non-hydrogen) atoms. The summed E-state index contributed by atoms with van der Waals surface area (Å²) < 4.78 is 20.2. The fourth-order valence-electron chi connectivity index (χ4n) is 2.36. The SMILES string of the molecule is C#CC1(CO)OC(n2cnc3c(N)nc(F)nc32)C[C@@H]1O. The van der Waals surface area contributed by atoms with E-state index in [1.165, 1.54) is 10.9 Å². The fraction of sp³-hybridized carbons (Fsp3) is 0.417. The third-order valence-corrected chi connectivity index (χ3v) is 3.52. The number of halogens is 1. The van der Waals surface area contributed by atoms with Gasteiger partial charge in [-0.3, -0.25) is 4.57 Å². The van der Waals surface area contributed by atoms with Gasteiger partial charge in [-0.1, -0.05) is 5.92 Å². The molecule has 2 unspecified atom stereocenters. The number of fused-ring (bicyclic) bond motifs is 1. The molecule has 1 saturated heterocycles. The number of anilines is 1. The van der Waals surface area contributed by atoms with Crippen molar-refractivity contribution >= 4 is 17.0 Å². The van der Waals surface area contributed by atoms with Gasteiger partial charge in [0.1, 0.15) is 12.3 Å². The summed E-state index contributed by atoms with van der Waals surface area (Å²) in [7, 11) is 0. The van der Waals surface area contributed by atoms with Gasteiger partial charge in [0.25, 0.3) is 0 Å². The van der Waals surface area contributed by atoms with Gasteiger partial charge in [-0.2, -0.15) is 14.4 Å². The molecule has 0 amide bonds. The Hall–Kier alpha value is -2.28. The van der Waals surface area contributed by atoms with Crippen molar-refractivity contribution in [3.63, 3.8) is 0 Å². The highest BCUT2D eigenvalue weighted by Gasteiger charge is 2.47. The zero-order valence-electron chi connectivity index (χ0n) is 10.8. The van der Waals surface area contributed by atoms with Crippen LogP contribution in [-0.4, -0.2) is 48.0 Å². The van der Waals surface area contributed by atoms with Gasteiger partial charge in [0.05, 0.1) is 12.9 Å². The van der Waals surface area contributed by atoms with Gasteiger partial charge in [0.15, 0.2) is 22.6 Å². The number of nitrogens with zero attached hydrogens (tertiary/aromatic N) is 4. The maximum atomic E-state index is 13.3. The number of hydrogen-bond acceptors (Lipinski definition) is 7. The molecule has 0 saturated carbocycles. The Bertz CT molecular complexity index is 742. The minimum atomic E-state index is -1.50. The molecule has 3 heterocycles. The number of hydrogen-bond donors (Lipinski definition) is 3. The average Bonchev–Trinajstić information content (AvgIpc) is 3.00. The zero-order valence-corrected chi connectivity index (χ0v) is 10.8. The highest BCUT2D eigenvalue weighted by atomic mass is 19.1. The van der Waals surface area contributed by atoms with Crippen molar-refractivity contribution in [2.45, 2.75) is 24.4 Å². The van der Waals surface area contributed by atoms with Gasteiger partial charge < -0.3 is 20.7 Å². The molecule has 4 N–H and O–H groups in total.